The number of hydrogen-bond acceptors (Lipinski definition) is 5. The Balaban J connectivity index is 1.95. The summed E-state index contributed by atoms with van der Waals surface area (Å²) in [5, 5.41) is 3.40. The summed E-state index contributed by atoms with van der Waals surface area (Å²) in [7, 11) is 0. The fraction of sp³-hybridized carbons (Fsp3) is 0.733. The average Bonchev–Trinajstić information content (AvgIpc) is 2.46. The second kappa shape index (κ2) is 7.16. The molecule has 2 rings (SSSR count). The molecule has 1 aliphatic rings. The van der Waals surface area contributed by atoms with E-state index < -0.39 is 0 Å². The number of aromatic nitrogens is 2. The van der Waals surface area contributed by atoms with Crippen LogP contribution in [-0.2, 0) is 0 Å². The lowest BCUT2D eigenvalue weighted by Gasteiger charge is -2.35. The molecule has 1 N–H and O–H groups in total. The number of nitrogens with zero attached hydrogens (tertiary/aromatic N) is 2. The molecule has 1 aromatic rings. The van der Waals surface area contributed by atoms with Gasteiger partial charge in [-0.05, 0) is 32.9 Å². The zero-order valence-corrected chi connectivity index (χ0v) is 13.5. The number of ether oxygens (including phenoxy) is 1. The second-order valence-electron chi connectivity index (χ2n) is 5.69. The average molecular weight is 295 g/mol. The van der Waals surface area contributed by atoms with Crippen molar-refractivity contribution in [3.63, 3.8) is 0 Å². The normalized spacial score (nSPS) is 18.0. The molecular formula is C15H25N3OS. The molecule has 0 atom stereocenters. The summed E-state index contributed by atoms with van der Waals surface area (Å²) in [6.45, 7) is 4.93. The Morgan fingerprint density at radius 2 is 2.10 bits per heavy atom. The van der Waals surface area contributed by atoms with Crippen LogP contribution in [-0.4, -0.2) is 33.6 Å². The van der Waals surface area contributed by atoms with Gasteiger partial charge in [-0.1, -0.05) is 19.3 Å². The zero-order chi connectivity index (χ0) is 14.4. The predicted molar refractivity (Wildman–Crippen MR) is 85.6 cm³/mol. The number of anilines is 1. The van der Waals surface area contributed by atoms with Crippen molar-refractivity contribution in [3.8, 4) is 5.88 Å². The molecule has 0 radical (unpaired) electrons. The lowest BCUT2D eigenvalue weighted by atomic mass is 9.88. The molecule has 4 nitrogen and oxygen atoms in total. The van der Waals surface area contributed by atoms with Gasteiger partial charge in [0.05, 0.1) is 6.10 Å². The van der Waals surface area contributed by atoms with E-state index in [1.807, 2.05) is 25.6 Å². The maximum atomic E-state index is 5.60. The van der Waals surface area contributed by atoms with Crippen molar-refractivity contribution in [2.45, 2.75) is 56.8 Å². The highest BCUT2D eigenvalue weighted by Crippen LogP contribution is 2.38. The Bertz CT molecular complexity index is 419. The van der Waals surface area contributed by atoms with Gasteiger partial charge < -0.3 is 10.1 Å². The van der Waals surface area contributed by atoms with Gasteiger partial charge in [0, 0.05) is 23.6 Å². The predicted octanol–water partition coefficient (Wildman–Crippen LogP) is 3.74. The van der Waals surface area contributed by atoms with Gasteiger partial charge in [-0.25, -0.2) is 4.98 Å². The molecule has 1 saturated carbocycles. The van der Waals surface area contributed by atoms with E-state index in [4.69, 9.17) is 4.74 Å². The van der Waals surface area contributed by atoms with Gasteiger partial charge in [-0.3, -0.25) is 0 Å². The number of hydrogen-bond donors (Lipinski definition) is 1. The first-order valence-corrected chi connectivity index (χ1v) is 8.65. The fourth-order valence-corrected chi connectivity index (χ4v) is 3.54. The number of thioether (sulfide) groups is 1. The summed E-state index contributed by atoms with van der Waals surface area (Å²) in [5.74, 6) is 1.31. The van der Waals surface area contributed by atoms with E-state index in [1.54, 1.807) is 12.3 Å². The van der Waals surface area contributed by atoms with Crippen LogP contribution in [0.4, 0.5) is 5.95 Å². The molecule has 112 valence electrons. The summed E-state index contributed by atoms with van der Waals surface area (Å²) in [6.07, 6.45) is 10.7. The molecule has 0 amide bonds. The SMILES string of the molecule is CSC1(CNc2nccc(OC(C)C)n2)CCCCC1. The van der Waals surface area contributed by atoms with Crippen LogP contribution in [0.15, 0.2) is 12.3 Å². The maximum Gasteiger partial charge on any atom is 0.225 e. The fourth-order valence-electron chi connectivity index (χ4n) is 2.62. The molecular weight excluding hydrogens is 270 g/mol. The molecule has 0 unspecified atom stereocenters. The molecule has 20 heavy (non-hydrogen) atoms. The minimum absolute atomic E-state index is 0.133. The third kappa shape index (κ3) is 4.27. The van der Waals surface area contributed by atoms with Gasteiger partial charge >= 0.3 is 0 Å². The quantitative estimate of drug-likeness (QED) is 0.866. The maximum absolute atomic E-state index is 5.60. The van der Waals surface area contributed by atoms with Crippen LogP contribution in [0.25, 0.3) is 0 Å². The van der Waals surface area contributed by atoms with Crippen LogP contribution in [0.5, 0.6) is 5.88 Å². The summed E-state index contributed by atoms with van der Waals surface area (Å²) < 4.78 is 5.95. The van der Waals surface area contributed by atoms with Crippen LogP contribution in [0.1, 0.15) is 46.0 Å². The van der Waals surface area contributed by atoms with E-state index in [-0.39, 0.29) is 6.10 Å². The van der Waals surface area contributed by atoms with Gasteiger partial charge in [-0.15, -0.1) is 0 Å². The van der Waals surface area contributed by atoms with Crippen molar-refractivity contribution >= 4 is 17.7 Å². The lowest BCUT2D eigenvalue weighted by molar-refractivity contribution is 0.232. The summed E-state index contributed by atoms with van der Waals surface area (Å²) in [4.78, 5) is 8.69. The van der Waals surface area contributed by atoms with Crippen LogP contribution in [0.2, 0.25) is 0 Å². The van der Waals surface area contributed by atoms with E-state index in [9.17, 15) is 0 Å². The summed E-state index contributed by atoms with van der Waals surface area (Å²) >= 11 is 1.98. The van der Waals surface area contributed by atoms with E-state index in [2.05, 4.69) is 21.5 Å². The summed E-state index contributed by atoms with van der Waals surface area (Å²) in [6, 6.07) is 1.80. The largest absolute Gasteiger partial charge is 0.475 e. The molecule has 0 aromatic carbocycles. The molecule has 0 aliphatic heterocycles. The highest BCUT2D eigenvalue weighted by molar-refractivity contribution is 8.00. The highest BCUT2D eigenvalue weighted by Gasteiger charge is 2.31. The van der Waals surface area contributed by atoms with Crippen molar-refractivity contribution in [1.82, 2.24) is 9.97 Å². The van der Waals surface area contributed by atoms with Crippen molar-refractivity contribution in [3.05, 3.63) is 12.3 Å². The van der Waals surface area contributed by atoms with Crippen molar-refractivity contribution in [2.24, 2.45) is 0 Å². The lowest BCUT2D eigenvalue weighted by Crippen LogP contribution is -2.35. The number of rotatable bonds is 6. The standard InChI is InChI=1S/C15H25N3OS/c1-12(2)19-13-7-10-16-14(18-13)17-11-15(20-3)8-5-4-6-9-15/h7,10,12H,4-6,8-9,11H2,1-3H3,(H,16,17,18). The Labute approximate surface area is 126 Å². The van der Waals surface area contributed by atoms with Crippen molar-refractivity contribution < 1.29 is 4.74 Å². The molecule has 0 bridgehead atoms. The van der Waals surface area contributed by atoms with Crippen LogP contribution in [0.3, 0.4) is 0 Å². The first-order chi connectivity index (χ1) is 9.63. The van der Waals surface area contributed by atoms with Gasteiger partial charge in [-0.2, -0.15) is 16.7 Å². The first kappa shape index (κ1) is 15.4. The molecule has 5 heteroatoms. The Morgan fingerprint density at radius 3 is 2.75 bits per heavy atom. The minimum atomic E-state index is 0.133. The van der Waals surface area contributed by atoms with Gasteiger partial charge in [0.25, 0.3) is 0 Å². The van der Waals surface area contributed by atoms with Crippen LogP contribution < -0.4 is 10.1 Å². The van der Waals surface area contributed by atoms with Crippen LogP contribution >= 0.6 is 11.8 Å². The smallest absolute Gasteiger partial charge is 0.225 e. The van der Waals surface area contributed by atoms with Crippen molar-refractivity contribution in [1.29, 1.82) is 0 Å². The minimum Gasteiger partial charge on any atom is -0.475 e. The number of nitrogens with one attached hydrogen (secondary N) is 1. The monoisotopic (exact) mass is 295 g/mol. The molecule has 1 aromatic heterocycles. The molecule has 1 fully saturated rings. The molecule has 1 heterocycles. The Hall–Kier alpha value is -0.970. The summed E-state index contributed by atoms with van der Waals surface area (Å²) in [5.41, 5.74) is 0. The van der Waals surface area contributed by atoms with Crippen molar-refractivity contribution in [2.75, 3.05) is 18.1 Å². The molecule has 0 spiro atoms. The Morgan fingerprint density at radius 1 is 1.35 bits per heavy atom. The zero-order valence-electron chi connectivity index (χ0n) is 12.7. The van der Waals surface area contributed by atoms with Gasteiger partial charge in [0.1, 0.15) is 0 Å². The topological polar surface area (TPSA) is 47.0 Å². The van der Waals surface area contributed by atoms with Gasteiger partial charge in [0.2, 0.25) is 11.8 Å². The molecule has 0 saturated heterocycles. The van der Waals surface area contributed by atoms with Gasteiger partial charge in [0.15, 0.2) is 0 Å². The van der Waals surface area contributed by atoms with E-state index in [1.165, 1.54) is 32.1 Å². The third-order valence-electron chi connectivity index (χ3n) is 3.75. The Kier molecular flexibility index (Phi) is 5.52. The molecule has 1 aliphatic carbocycles. The first-order valence-electron chi connectivity index (χ1n) is 7.42. The second-order valence-corrected chi connectivity index (χ2v) is 6.96. The third-order valence-corrected chi connectivity index (χ3v) is 5.17. The van der Waals surface area contributed by atoms with Crippen LogP contribution in [0, 0.1) is 0 Å². The van der Waals surface area contributed by atoms with E-state index in [0.29, 0.717) is 16.6 Å². The highest BCUT2D eigenvalue weighted by atomic mass is 32.2. The van der Waals surface area contributed by atoms with E-state index >= 15 is 0 Å². The van der Waals surface area contributed by atoms with E-state index in [0.717, 1.165) is 6.54 Å².